The molecule has 1 fully saturated rings. The molecule has 1 aromatic heterocycles. The fourth-order valence-corrected chi connectivity index (χ4v) is 3.61. The first-order chi connectivity index (χ1) is 9.79. The van der Waals surface area contributed by atoms with Crippen molar-refractivity contribution in [1.29, 1.82) is 0 Å². The van der Waals surface area contributed by atoms with Crippen LogP contribution in [0.25, 0.3) is 10.9 Å². The van der Waals surface area contributed by atoms with Gasteiger partial charge in [-0.05, 0) is 56.3 Å². The van der Waals surface area contributed by atoms with E-state index in [1.54, 1.807) is 0 Å². The molecule has 108 valence electrons. The van der Waals surface area contributed by atoms with Gasteiger partial charge in [0, 0.05) is 18.8 Å². The van der Waals surface area contributed by atoms with Gasteiger partial charge in [-0.15, -0.1) is 0 Å². The maximum absolute atomic E-state index is 2.55. The standard InChI is InChI=1S/C18H26N2/c1-3-15-7-6-8-16-10-13-20(18(15)16)14-11-17-9-4-5-12-19(17)2/h6-8,10,13,17H,3-5,9,11-12,14H2,1-2H3. The molecule has 0 aliphatic carbocycles. The van der Waals surface area contributed by atoms with Crippen molar-refractivity contribution < 1.29 is 0 Å². The minimum Gasteiger partial charge on any atom is -0.347 e. The van der Waals surface area contributed by atoms with Crippen molar-refractivity contribution in [3.05, 3.63) is 36.0 Å². The molecule has 1 aliphatic heterocycles. The van der Waals surface area contributed by atoms with E-state index in [0.717, 1.165) is 19.0 Å². The SMILES string of the molecule is CCc1cccc2ccn(CCC3CCCCN3C)c12. The minimum atomic E-state index is 0.773. The van der Waals surface area contributed by atoms with E-state index in [4.69, 9.17) is 0 Å². The molecule has 0 saturated carbocycles. The molecule has 1 aromatic carbocycles. The van der Waals surface area contributed by atoms with E-state index in [0.29, 0.717) is 0 Å². The third-order valence-electron chi connectivity index (χ3n) is 4.88. The predicted octanol–water partition coefficient (Wildman–Crippen LogP) is 4.08. The summed E-state index contributed by atoms with van der Waals surface area (Å²) in [6.45, 7) is 4.67. The van der Waals surface area contributed by atoms with E-state index in [2.05, 4.69) is 53.9 Å². The summed E-state index contributed by atoms with van der Waals surface area (Å²) in [6, 6.07) is 9.72. The Morgan fingerprint density at radius 3 is 2.90 bits per heavy atom. The van der Waals surface area contributed by atoms with Crippen LogP contribution in [-0.4, -0.2) is 29.1 Å². The number of benzene rings is 1. The molecule has 0 bridgehead atoms. The Bertz CT molecular complexity index is 570. The maximum atomic E-state index is 2.55. The second kappa shape index (κ2) is 6.01. The fourth-order valence-electron chi connectivity index (χ4n) is 3.61. The summed E-state index contributed by atoms with van der Waals surface area (Å²) in [4.78, 5) is 2.55. The Hall–Kier alpha value is -1.28. The van der Waals surface area contributed by atoms with E-state index in [-0.39, 0.29) is 0 Å². The highest BCUT2D eigenvalue weighted by molar-refractivity contribution is 5.83. The highest BCUT2D eigenvalue weighted by Gasteiger charge is 2.18. The van der Waals surface area contributed by atoms with Crippen LogP contribution in [0.2, 0.25) is 0 Å². The monoisotopic (exact) mass is 270 g/mol. The number of rotatable bonds is 4. The lowest BCUT2D eigenvalue weighted by Crippen LogP contribution is -2.36. The normalized spacial score (nSPS) is 20.6. The Balaban J connectivity index is 1.77. The third kappa shape index (κ3) is 2.62. The highest BCUT2D eigenvalue weighted by atomic mass is 15.1. The summed E-state index contributed by atoms with van der Waals surface area (Å²) >= 11 is 0. The topological polar surface area (TPSA) is 8.17 Å². The molecule has 1 unspecified atom stereocenters. The molecule has 20 heavy (non-hydrogen) atoms. The van der Waals surface area contributed by atoms with Crippen LogP contribution in [0, 0.1) is 0 Å². The first-order valence-electron chi connectivity index (χ1n) is 8.06. The third-order valence-corrected chi connectivity index (χ3v) is 4.88. The molecule has 1 atom stereocenters. The first-order valence-corrected chi connectivity index (χ1v) is 8.06. The van der Waals surface area contributed by atoms with E-state index in [1.807, 2.05) is 0 Å². The summed E-state index contributed by atoms with van der Waals surface area (Å²) < 4.78 is 2.47. The molecule has 2 heteroatoms. The molecule has 2 heterocycles. The molecular weight excluding hydrogens is 244 g/mol. The van der Waals surface area contributed by atoms with Gasteiger partial charge in [0.2, 0.25) is 0 Å². The zero-order valence-corrected chi connectivity index (χ0v) is 12.8. The van der Waals surface area contributed by atoms with E-state index in [9.17, 15) is 0 Å². The molecule has 2 aromatic rings. The summed E-state index contributed by atoms with van der Waals surface area (Å²) in [5.41, 5.74) is 2.93. The van der Waals surface area contributed by atoms with Gasteiger partial charge in [0.1, 0.15) is 0 Å². The summed E-state index contributed by atoms with van der Waals surface area (Å²) in [7, 11) is 2.29. The first kappa shape index (κ1) is 13.7. The number of hydrogen-bond acceptors (Lipinski definition) is 1. The van der Waals surface area contributed by atoms with Gasteiger partial charge in [0.15, 0.2) is 0 Å². The van der Waals surface area contributed by atoms with Crippen molar-refractivity contribution >= 4 is 10.9 Å². The quantitative estimate of drug-likeness (QED) is 0.813. The van der Waals surface area contributed by atoms with Gasteiger partial charge >= 0.3 is 0 Å². The summed E-state index contributed by atoms with van der Waals surface area (Å²) in [5.74, 6) is 0. The number of aryl methyl sites for hydroxylation is 2. The lowest BCUT2D eigenvalue weighted by Gasteiger charge is -2.32. The van der Waals surface area contributed by atoms with Crippen LogP contribution in [0.4, 0.5) is 0 Å². The van der Waals surface area contributed by atoms with Crippen molar-refractivity contribution in [2.45, 2.75) is 51.6 Å². The molecule has 1 aliphatic rings. The van der Waals surface area contributed by atoms with Crippen LogP contribution in [0.1, 0.15) is 38.2 Å². The van der Waals surface area contributed by atoms with E-state index in [1.165, 1.54) is 48.7 Å². The second-order valence-electron chi connectivity index (χ2n) is 6.14. The van der Waals surface area contributed by atoms with E-state index < -0.39 is 0 Å². The molecule has 0 spiro atoms. The summed E-state index contributed by atoms with van der Waals surface area (Å²) in [6.07, 6.45) is 8.81. The Morgan fingerprint density at radius 1 is 1.20 bits per heavy atom. The Labute approximate surface area is 122 Å². The number of hydrogen-bond donors (Lipinski definition) is 0. The smallest absolute Gasteiger partial charge is 0.0512 e. The Kier molecular flexibility index (Phi) is 4.11. The molecule has 0 N–H and O–H groups in total. The van der Waals surface area contributed by atoms with Gasteiger partial charge in [-0.25, -0.2) is 0 Å². The van der Waals surface area contributed by atoms with Crippen LogP contribution in [0.15, 0.2) is 30.5 Å². The second-order valence-corrected chi connectivity index (χ2v) is 6.14. The largest absolute Gasteiger partial charge is 0.347 e. The van der Waals surface area contributed by atoms with Gasteiger partial charge in [-0.2, -0.15) is 0 Å². The lowest BCUT2D eigenvalue weighted by atomic mass is 10.00. The van der Waals surface area contributed by atoms with Crippen LogP contribution in [0.5, 0.6) is 0 Å². The van der Waals surface area contributed by atoms with Crippen LogP contribution < -0.4 is 0 Å². The van der Waals surface area contributed by atoms with Gasteiger partial charge in [-0.1, -0.05) is 31.5 Å². The molecule has 2 nitrogen and oxygen atoms in total. The van der Waals surface area contributed by atoms with E-state index >= 15 is 0 Å². The number of likely N-dealkylation sites (tertiary alicyclic amines) is 1. The van der Waals surface area contributed by atoms with Crippen LogP contribution in [0.3, 0.4) is 0 Å². The maximum Gasteiger partial charge on any atom is 0.0512 e. The minimum absolute atomic E-state index is 0.773. The molecule has 0 radical (unpaired) electrons. The van der Waals surface area contributed by atoms with Crippen molar-refractivity contribution in [3.8, 4) is 0 Å². The average Bonchev–Trinajstić information content (AvgIpc) is 2.90. The number of para-hydroxylation sites is 1. The number of nitrogens with zero attached hydrogens (tertiary/aromatic N) is 2. The van der Waals surface area contributed by atoms with Gasteiger partial charge in [0.25, 0.3) is 0 Å². The number of fused-ring (bicyclic) bond motifs is 1. The fraction of sp³-hybridized carbons (Fsp3) is 0.556. The van der Waals surface area contributed by atoms with Crippen molar-refractivity contribution in [2.24, 2.45) is 0 Å². The van der Waals surface area contributed by atoms with Gasteiger partial charge in [-0.3, -0.25) is 0 Å². The van der Waals surface area contributed by atoms with Crippen molar-refractivity contribution in [3.63, 3.8) is 0 Å². The number of piperidine rings is 1. The summed E-state index contributed by atoms with van der Waals surface area (Å²) in [5, 5.41) is 1.39. The van der Waals surface area contributed by atoms with Crippen molar-refractivity contribution in [2.75, 3.05) is 13.6 Å². The highest BCUT2D eigenvalue weighted by Crippen LogP contribution is 2.23. The Morgan fingerprint density at radius 2 is 2.10 bits per heavy atom. The molecular formula is C18H26N2. The van der Waals surface area contributed by atoms with Crippen LogP contribution >= 0.6 is 0 Å². The lowest BCUT2D eigenvalue weighted by molar-refractivity contribution is 0.171. The van der Waals surface area contributed by atoms with Crippen LogP contribution in [-0.2, 0) is 13.0 Å². The zero-order chi connectivity index (χ0) is 13.9. The van der Waals surface area contributed by atoms with Gasteiger partial charge in [0.05, 0.1) is 5.52 Å². The average molecular weight is 270 g/mol. The number of aromatic nitrogens is 1. The van der Waals surface area contributed by atoms with Crippen molar-refractivity contribution in [1.82, 2.24) is 9.47 Å². The molecule has 0 amide bonds. The molecule has 3 rings (SSSR count). The molecule has 1 saturated heterocycles. The predicted molar refractivity (Wildman–Crippen MR) is 86.2 cm³/mol. The van der Waals surface area contributed by atoms with Gasteiger partial charge < -0.3 is 9.47 Å². The zero-order valence-electron chi connectivity index (χ0n) is 12.8.